The van der Waals surface area contributed by atoms with E-state index in [1.54, 1.807) is 12.1 Å². The largest absolute Gasteiger partial charge is 0.324 e. The molecule has 1 saturated heterocycles. The zero-order valence-electron chi connectivity index (χ0n) is 11.5. The van der Waals surface area contributed by atoms with Crippen LogP contribution in [-0.2, 0) is 4.79 Å². The van der Waals surface area contributed by atoms with Gasteiger partial charge in [-0.05, 0) is 37.7 Å². The maximum Gasteiger partial charge on any atom is 0.238 e. The number of nitrogens with one attached hydrogen (secondary N) is 2. The monoisotopic (exact) mass is 359 g/mol. The van der Waals surface area contributed by atoms with E-state index in [4.69, 9.17) is 11.6 Å². The summed E-state index contributed by atoms with van der Waals surface area (Å²) in [4.78, 5) is 14.3. The van der Waals surface area contributed by atoms with Crippen LogP contribution in [0.15, 0.2) is 22.7 Å². The summed E-state index contributed by atoms with van der Waals surface area (Å²) < 4.78 is 0.896. The molecule has 6 heteroatoms. The first-order valence-corrected chi connectivity index (χ1v) is 7.97. The number of carbonyl (C=O) groups excluding carboxylic acids is 1. The zero-order valence-corrected chi connectivity index (χ0v) is 13.8. The maximum absolute atomic E-state index is 12.1. The second-order valence-corrected chi connectivity index (χ2v) is 6.20. The minimum absolute atomic E-state index is 0.0250. The summed E-state index contributed by atoms with van der Waals surface area (Å²) in [6.45, 7) is 5.34. The standard InChI is InChI=1S/C14H19BrClN3O/c1-2-19(11-5-6-17-8-11)9-14(20)18-13-4-3-10(15)7-12(13)16/h3-4,7,11,17H,2,5-6,8-9H2,1H3,(H,18,20). The summed E-state index contributed by atoms with van der Waals surface area (Å²) in [5.74, 6) is -0.0250. The second-order valence-electron chi connectivity index (χ2n) is 4.88. The molecule has 1 aliphatic heterocycles. The Balaban J connectivity index is 1.93. The van der Waals surface area contributed by atoms with Gasteiger partial charge in [-0.2, -0.15) is 0 Å². The molecular weight excluding hydrogens is 342 g/mol. The molecule has 2 rings (SSSR count). The average Bonchev–Trinajstić information content (AvgIpc) is 2.93. The first-order chi connectivity index (χ1) is 9.60. The van der Waals surface area contributed by atoms with Gasteiger partial charge >= 0.3 is 0 Å². The van der Waals surface area contributed by atoms with Gasteiger partial charge in [0.05, 0.1) is 17.3 Å². The lowest BCUT2D eigenvalue weighted by Gasteiger charge is -2.26. The molecule has 4 nitrogen and oxygen atoms in total. The smallest absolute Gasteiger partial charge is 0.238 e. The van der Waals surface area contributed by atoms with Crippen molar-refractivity contribution in [1.29, 1.82) is 0 Å². The van der Waals surface area contributed by atoms with Gasteiger partial charge in [-0.15, -0.1) is 0 Å². The summed E-state index contributed by atoms with van der Waals surface area (Å²) in [5, 5.41) is 6.74. The van der Waals surface area contributed by atoms with Crippen LogP contribution in [0.25, 0.3) is 0 Å². The van der Waals surface area contributed by atoms with Crippen LogP contribution in [0, 0.1) is 0 Å². The SMILES string of the molecule is CCN(CC(=O)Nc1ccc(Br)cc1Cl)C1CCNC1. The lowest BCUT2D eigenvalue weighted by atomic mass is 10.2. The van der Waals surface area contributed by atoms with Crippen molar-refractivity contribution < 1.29 is 4.79 Å². The topological polar surface area (TPSA) is 44.4 Å². The van der Waals surface area contributed by atoms with Crippen molar-refractivity contribution in [2.45, 2.75) is 19.4 Å². The van der Waals surface area contributed by atoms with Gasteiger partial charge in [0.15, 0.2) is 0 Å². The van der Waals surface area contributed by atoms with Crippen LogP contribution >= 0.6 is 27.5 Å². The average molecular weight is 361 g/mol. The highest BCUT2D eigenvalue weighted by molar-refractivity contribution is 9.10. The van der Waals surface area contributed by atoms with E-state index in [1.165, 1.54) is 0 Å². The minimum atomic E-state index is -0.0250. The summed E-state index contributed by atoms with van der Waals surface area (Å²) in [5.41, 5.74) is 0.653. The first kappa shape index (κ1) is 15.8. The molecule has 1 fully saturated rings. The Bertz CT molecular complexity index is 477. The molecule has 0 aliphatic carbocycles. The quantitative estimate of drug-likeness (QED) is 0.848. The number of rotatable bonds is 5. The number of nitrogens with zero attached hydrogens (tertiary/aromatic N) is 1. The van der Waals surface area contributed by atoms with Gasteiger partial charge in [0.25, 0.3) is 0 Å². The normalized spacial score (nSPS) is 18.5. The minimum Gasteiger partial charge on any atom is -0.324 e. The molecular formula is C14H19BrClN3O. The van der Waals surface area contributed by atoms with Crippen molar-refractivity contribution in [3.63, 3.8) is 0 Å². The Morgan fingerprint density at radius 2 is 2.40 bits per heavy atom. The fourth-order valence-corrected chi connectivity index (χ4v) is 3.14. The van der Waals surface area contributed by atoms with Crippen molar-refractivity contribution in [2.75, 3.05) is 31.5 Å². The molecule has 0 bridgehead atoms. The van der Waals surface area contributed by atoms with E-state index < -0.39 is 0 Å². The van der Waals surface area contributed by atoms with Gasteiger partial charge in [-0.25, -0.2) is 0 Å². The van der Waals surface area contributed by atoms with Crippen molar-refractivity contribution in [2.24, 2.45) is 0 Å². The van der Waals surface area contributed by atoms with Crippen molar-refractivity contribution in [1.82, 2.24) is 10.2 Å². The number of halogens is 2. The van der Waals surface area contributed by atoms with E-state index >= 15 is 0 Å². The molecule has 0 aromatic heterocycles. The van der Waals surface area contributed by atoms with Crippen molar-refractivity contribution >= 4 is 39.1 Å². The first-order valence-electron chi connectivity index (χ1n) is 6.80. The molecule has 1 aromatic carbocycles. The Kier molecular flexibility index (Phi) is 5.84. The van der Waals surface area contributed by atoms with Gasteiger partial charge in [-0.1, -0.05) is 34.5 Å². The van der Waals surface area contributed by atoms with E-state index in [0.717, 1.165) is 30.5 Å². The lowest BCUT2D eigenvalue weighted by Crippen LogP contribution is -2.41. The number of amides is 1. The zero-order chi connectivity index (χ0) is 14.5. The van der Waals surface area contributed by atoms with Gasteiger partial charge in [0, 0.05) is 17.1 Å². The fourth-order valence-electron chi connectivity index (χ4n) is 2.42. The van der Waals surface area contributed by atoms with E-state index in [-0.39, 0.29) is 5.91 Å². The van der Waals surface area contributed by atoms with Crippen LogP contribution in [0.5, 0.6) is 0 Å². The lowest BCUT2D eigenvalue weighted by molar-refractivity contribution is -0.117. The third kappa shape index (κ3) is 4.19. The molecule has 1 aliphatic rings. The molecule has 1 aromatic rings. The highest BCUT2D eigenvalue weighted by Crippen LogP contribution is 2.25. The van der Waals surface area contributed by atoms with Gasteiger partial charge in [-0.3, -0.25) is 9.69 Å². The summed E-state index contributed by atoms with van der Waals surface area (Å²) >= 11 is 9.45. The summed E-state index contributed by atoms with van der Waals surface area (Å²) in [7, 11) is 0. The van der Waals surface area contributed by atoms with Crippen LogP contribution in [0.1, 0.15) is 13.3 Å². The summed E-state index contributed by atoms with van der Waals surface area (Å²) in [6.07, 6.45) is 1.10. The van der Waals surface area contributed by atoms with Crippen LogP contribution in [0.2, 0.25) is 5.02 Å². The second kappa shape index (κ2) is 7.41. The predicted octanol–water partition coefficient (Wildman–Crippen LogP) is 2.72. The Labute approximate surface area is 133 Å². The van der Waals surface area contributed by atoms with Crippen LogP contribution in [0.3, 0.4) is 0 Å². The molecule has 0 radical (unpaired) electrons. The molecule has 2 N–H and O–H groups in total. The highest BCUT2D eigenvalue weighted by atomic mass is 79.9. The van der Waals surface area contributed by atoms with E-state index in [9.17, 15) is 4.79 Å². The van der Waals surface area contributed by atoms with Gasteiger partial charge in [0.2, 0.25) is 5.91 Å². The molecule has 1 unspecified atom stereocenters. The molecule has 1 atom stereocenters. The van der Waals surface area contributed by atoms with Gasteiger partial charge < -0.3 is 10.6 Å². The van der Waals surface area contributed by atoms with Crippen LogP contribution < -0.4 is 10.6 Å². The Morgan fingerprint density at radius 1 is 1.60 bits per heavy atom. The number of benzene rings is 1. The van der Waals surface area contributed by atoms with Gasteiger partial charge in [0.1, 0.15) is 0 Å². The molecule has 110 valence electrons. The molecule has 0 saturated carbocycles. The fraction of sp³-hybridized carbons (Fsp3) is 0.500. The number of anilines is 1. The third-order valence-corrected chi connectivity index (χ3v) is 4.31. The predicted molar refractivity (Wildman–Crippen MR) is 86.3 cm³/mol. The van der Waals surface area contributed by atoms with E-state index in [2.05, 4.69) is 38.4 Å². The Hall–Kier alpha value is -0.620. The number of hydrogen-bond acceptors (Lipinski definition) is 3. The maximum atomic E-state index is 12.1. The van der Waals surface area contributed by atoms with E-state index in [1.807, 2.05) is 6.07 Å². The number of hydrogen-bond donors (Lipinski definition) is 2. The van der Waals surface area contributed by atoms with Crippen LogP contribution in [-0.4, -0.2) is 43.0 Å². The number of likely N-dealkylation sites (N-methyl/N-ethyl adjacent to an activating group) is 1. The Morgan fingerprint density at radius 3 is 3.00 bits per heavy atom. The molecule has 20 heavy (non-hydrogen) atoms. The van der Waals surface area contributed by atoms with E-state index in [0.29, 0.717) is 23.3 Å². The molecule has 1 heterocycles. The van der Waals surface area contributed by atoms with Crippen molar-refractivity contribution in [3.05, 3.63) is 27.7 Å². The molecule has 1 amide bonds. The highest BCUT2D eigenvalue weighted by Gasteiger charge is 2.22. The summed E-state index contributed by atoms with van der Waals surface area (Å²) in [6, 6.07) is 5.89. The number of carbonyl (C=O) groups is 1. The third-order valence-electron chi connectivity index (χ3n) is 3.51. The molecule has 0 spiro atoms. The van der Waals surface area contributed by atoms with Crippen molar-refractivity contribution in [3.8, 4) is 0 Å². The van der Waals surface area contributed by atoms with Crippen LogP contribution in [0.4, 0.5) is 5.69 Å².